The first-order chi connectivity index (χ1) is 13.1. The Labute approximate surface area is 162 Å². The van der Waals surface area contributed by atoms with E-state index in [0.717, 1.165) is 11.1 Å². The predicted molar refractivity (Wildman–Crippen MR) is 106 cm³/mol. The highest BCUT2D eigenvalue weighted by Crippen LogP contribution is 2.35. The maximum atomic E-state index is 12.5. The largest absolute Gasteiger partial charge is 0.489 e. The molecule has 0 atom stereocenters. The van der Waals surface area contributed by atoms with Crippen molar-refractivity contribution in [3.63, 3.8) is 0 Å². The molecule has 0 spiro atoms. The monoisotopic (exact) mass is 376 g/mol. The van der Waals surface area contributed by atoms with Gasteiger partial charge < -0.3 is 9.47 Å². The molecule has 0 unspecified atom stereocenters. The van der Waals surface area contributed by atoms with Gasteiger partial charge in [0.05, 0.1) is 5.56 Å². The Morgan fingerprint density at radius 2 is 1.85 bits per heavy atom. The molecule has 0 fully saturated rings. The van der Waals surface area contributed by atoms with Gasteiger partial charge in [0.2, 0.25) is 5.78 Å². The quantitative estimate of drug-likeness (QED) is 0.536. The van der Waals surface area contributed by atoms with E-state index >= 15 is 0 Å². The molecule has 3 aromatic rings. The second-order valence-electron chi connectivity index (χ2n) is 6.43. The lowest BCUT2D eigenvalue weighted by Gasteiger charge is -2.07. The van der Waals surface area contributed by atoms with Crippen molar-refractivity contribution < 1.29 is 14.3 Å². The molecule has 27 heavy (non-hydrogen) atoms. The Kier molecular flexibility index (Phi) is 4.69. The highest BCUT2D eigenvalue weighted by Gasteiger charge is 2.27. The van der Waals surface area contributed by atoms with Gasteiger partial charge in [-0.1, -0.05) is 53.6 Å². The van der Waals surface area contributed by atoms with Crippen molar-refractivity contribution in [1.82, 2.24) is 0 Å². The zero-order valence-electron chi connectivity index (χ0n) is 14.7. The summed E-state index contributed by atoms with van der Waals surface area (Å²) in [6.45, 7) is 2.51. The van der Waals surface area contributed by atoms with Gasteiger partial charge in [-0.25, -0.2) is 0 Å². The molecule has 0 bridgehead atoms. The third kappa shape index (κ3) is 3.88. The van der Waals surface area contributed by atoms with Gasteiger partial charge in [0, 0.05) is 11.1 Å². The molecule has 1 heterocycles. The van der Waals surface area contributed by atoms with E-state index in [1.165, 1.54) is 5.56 Å². The smallest absolute Gasteiger partial charge is 0.231 e. The molecule has 1 aliphatic heterocycles. The minimum absolute atomic E-state index is 0.143. The fraction of sp³-hybridized carbons (Fsp3) is 0.0870. The van der Waals surface area contributed by atoms with Crippen molar-refractivity contribution in [3.8, 4) is 11.5 Å². The fourth-order valence-corrected chi connectivity index (χ4v) is 3.05. The van der Waals surface area contributed by atoms with Gasteiger partial charge in [0.15, 0.2) is 5.76 Å². The molecule has 0 aliphatic carbocycles. The molecular formula is C23H17ClO3. The number of carbonyl (C=O) groups is 1. The number of benzene rings is 3. The fourth-order valence-electron chi connectivity index (χ4n) is 2.86. The summed E-state index contributed by atoms with van der Waals surface area (Å²) < 4.78 is 11.6. The van der Waals surface area contributed by atoms with Crippen LogP contribution in [0.2, 0.25) is 5.02 Å². The summed E-state index contributed by atoms with van der Waals surface area (Å²) in [5, 5.41) is 0.610. The zero-order chi connectivity index (χ0) is 18.8. The standard InChI is InChI=1S/C23H17ClO3/c1-15-5-7-16(8-6-15)14-26-19-9-10-20-21(13-19)27-22(23(20)25)12-17-3-2-4-18(24)11-17/h2-13H,14H2,1H3/b22-12+. The van der Waals surface area contributed by atoms with Gasteiger partial charge in [-0.3, -0.25) is 4.79 Å². The number of rotatable bonds is 4. The van der Waals surface area contributed by atoms with Crippen LogP contribution in [0.1, 0.15) is 27.0 Å². The molecule has 134 valence electrons. The molecule has 3 aromatic carbocycles. The Bertz CT molecular complexity index is 1040. The summed E-state index contributed by atoms with van der Waals surface area (Å²) in [5.41, 5.74) is 3.64. The van der Waals surface area contributed by atoms with E-state index in [2.05, 4.69) is 12.1 Å². The summed E-state index contributed by atoms with van der Waals surface area (Å²) >= 11 is 6.00. The van der Waals surface area contributed by atoms with E-state index in [1.54, 1.807) is 36.4 Å². The Balaban J connectivity index is 1.51. The van der Waals surface area contributed by atoms with Crippen LogP contribution in [0, 0.1) is 6.92 Å². The topological polar surface area (TPSA) is 35.5 Å². The van der Waals surface area contributed by atoms with Gasteiger partial charge in [-0.05, 0) is 48.4 Å². The van der Waals surface area contributed by atoms with Gasteiger partial charge >= 0.3 is 0 Å². The number of allylic oxidation sites excluding steroid dienone is 1. The molecule has 0 saturated heterocycles. The Morgan fingerprint density at radius 3 is 2.63 bits per heavy atom. The number of hydrogen-bond acceptors (Lipinski definition) is 3. The summed E-state index contributed by atoms with van der Waals surface area (Å²) in [6, 6.07) is 20.7. The first kappa shape index (κ1) is 17.4. The minimum Gasteiger partial charge on any atom is -0.489 e. The molecule has 0 N–H and O–H groups in total. The number of fused-ring (bicyclic) bond motifs is 1. The first-order valence-corrected chi connectivity index (χ1v) is 8.98. The minimum atomic E-state index is -0.143. The second kappa shape index (κ2) is 7.29. The van der Waals surface area contributed by atoms with Crippen LogP contribution < -0.4 is 9.47 Å². The molecule has 4 heteroatoms. The van der Waals surface area contributed by atoms with Crippen LogP contribution in [0.15, 0.2) is 72.5 Å². The molecule has 1 aliphatic rings. The third-order valence-electron chi connectivity index (χ3n) is 4.31. The lowest BCUT2D eigenvalue weighted by Crippen LogP contribution is -1.98. The normalized spacial score (nSPS) is 14.1. The number of Topliss-reactive ketones (excluding diaryl/α,β-unsaturated/α-hetero) is 1. The maximum absolute atomic E-state index is 12.5. The van der Waals surface area contributed by atoms with E-state index < -0.39 is 0 Å². The van der Waals surface area contributed by atoms with Gasteiger partial charge in [-0.15, -0.1) is 0 Å². The van der Waals surface area contributed by atoms with Crippen LogP contribution >= 0.6 is 11.6 Å². The van der Waals surface area contributed by atoms with E-state index in [0.29, 0.717) is 28.7 Å². The lowest BCUT2D eigenvalue weighted by molar-refractivity contribution is 0.101. The predicted octanol–water partition coefficient (Wildman–Crippen LogP) is 5.84. The van der Waals surface area contributed by atoms with Crippen LogP contribution in [-0.2, 0) is 6.61 Å². The van der Waals surface area contributed by atoms with Crippen LogP contribution in [0.5, 0.6) is 11.5 Å². The van der Waals surface area contributed by atoms with E-state index in [4.69, 9.17) is 21.1 Å². The van der Waals surface area contributed by atoms with Gasteiger partial charge in [0.1, 0.15) is 18.1 Å². The second-order valence-corrected chi connectivity index (χ2v) is 6.86. The lowest BCUT2D eigenvalue weighted by atomic mass is 10.1. The van der Waals surface area contributed by atoms with Crippen molar-refractivity contribution in [2.75, 3.05) is 0 Å². The van der Waals surface area contributed by atoms with Crippen molar-refractivity contribution in [2.24, 2.45) is 0 Å². The number of ether oxygens (including phenoxy) is 2. The van der Waals surface area contributed by atoms with E-state index in [1.807, 2.05) is 31.2 Å². The van der Waals surface area contributed by atoms with Crippen molar-refractivity contribution in [2.45, 2.75) is 13.5 Å². The summed E-state index contributed by atoms with van der Waals surface area (Å²) in [7, 11) is 0. The molecule has 3 nitrogen and oxygen atoms in total. The first-order valence-electron chi connectivity index (χ1n) is 8.61. The van der Waals surface area contributed by atoms with E-state index in [-0.39, 0.29) is 11.5 Å². The van der Waals surface area contributed by atoms with Crippen LogP contribution in [0.4, 0.5) is 0 Å². The SMILES string of the molecule is Cc1ccc(COc2ccc3c(c2)O/C(=C/c2cccc(Cl)c2)C3=O)cc1. The number of hydrogen-bond donors (Lipinski definition) is 0. The number of carbonyl (C=O) groups excluding carboxylic acids is 1. The average Bonchev–Trinajstić information content (AvgIpc) is 2.96. The summed E-state index contributed by atoms with van der Waals surface area (Å²) in [6.07, 6.45) is 1.70. The summed E-state index contributed by atoms with van der Waals surface area (Å²) in [5.74, 6) is 1.30. The molecule has 0 radical (unpaired) electrons. The maximum Gasteiger partial charge on any atom is 0.231 e. The third-order valence-corrected chi connectivity index (χ3v) is 4.55. The van der Waals surface area contributed by atoms with Crippen molar-refractivity contribution in [3.05, 3.63) is 99.8 Å². The molecule has 0 aromatic heterocycles. The molecule has 0 saturated carbocycles. The molecule has 0 amide bonds. The van der Waals surface area contributed by atoms with Crippen LogP contribution in [0.3, 0.4) is 0 Å². The van der Waals surface area contributed by atoms with Gasteiger partial charge in [-0.2, -0.15) is 0 Å². The Morgan fingerprint density at radius 1 is 1.04 bits per heavy atom. The molecule has 4 rings (SSSR count). The number of halogens is 1. The highest BCUT2D eigenvalue weighted by atomic mass is 35.5. The van der Waals surface area contributed by atoms with Crippen LogP contribution in [0.25, 0.3) is 6.08 Å². The van der Waals surface area contributed by atoms with Crippen LogP contribution in [-0.4, -0.2) is 5.78 Å². The number of aryl methyl sites for hydroxylation is 1. The average molecular weight is 377 g/mol. The van der Waals surface area contributed by atoms with Crippen molar-refractivity contribution in [1.29, 1.82) is 0 Å². The van der Waals surface area contributed by atoms with Gasteiger partial charge in [0.25, 0.3) is 0 Å². The molecular weight excluding hydrogens is 360 g/mol. The zero-order valence-corrected chi connectivity index (χ0v) is 15.5. The Hall–Kier alpha value is -3.04. The number of ketones is 1. The summed E-state index contributed by atoms with van der Waals surface area (Å²) in [4.78, 5) is 12.5. The van der Waals surface area contributed by atoms with Crippen molar-refractivity contribution >= 4 is 23.5 Å². The van der Waals surface area contributed by atoms with E-state index in [9.17, 15) is 4.79 Å². The highest BCUT2D eigenvalue weighted by molar-refractivity contribution is 6.30.